The van der Waals surface area contributed by atoms with Crippen molar-refractivity contribution in [2.45, 2.75) is 28.2 Å². The molecule has 0 aromatic heterocycles. The minimum atomic E-state index is 0. The van der Waals surface area contributed by atoms with Crippen LogP contribution < -0.4 is 4.90 Å². The first-order chi connectivity index (χ1) is 8.83. The van der Waals surface area contributed by atoms with Crippen molar-refractivity contribution >= 4 is 11.4 Å². The van der Waals surface area contributed by atoms with Gasteiger partial charge in [-0.1, -0.05) is 7.43 Å². The van der Waals surface area contributed by atoms with Crippen molar-refractivity contribution < 1.29 is 0 Å². The predicted octanol–water partition coefficient (Wildman–Crippen LogP) is 4.29. The largest absolute Gasteiger partial charge is 0.375 e. The zero-order valence-corrected chi connectivity index (χ0v) is 13.7. The molecule has 0 aliphatic rings. The van der Waals surface area contributed by atoms with Gasteiger partial charge in [-0.25, -0.2) is 0 Å². The molecule has 20 heavy (non-hydrogen) atoms. The number of hydrogen-bond acceptors (Lipinski definition) is 4. The summed E-state index contributed by atoms with van der Waals surface area (Å²) in [5, 5.41) is 7.91. The minimum absolute atomic E-state index is 0. The summed E-state index contributed by atoms with van der Waals surface area (Å²) in [5.41, 5.74) is 4.64. The van der Waals surface area contributed by atoms with Gasteiger partial charge in [0.25, 0.3) is 0 Å². The van der Waals surface area contributed by atoms with E-state index in [9.17, 15) is 0 Å². The zero-order valence-electron chi connectivity index (χ0n) is 13.7. The second-order valence-corrected chi connectivity index (χ2v) is 5.08. The highest BCUT2D eigenvalue weighted by Crippen LogP contribution is 2.28. The topological polar surface area (TPSA) is 31.2 Å². The Bertz CT molecular complexity index is 408. The minimum Gasteiger partial charge on any atom is -0.375 e. The van der Waals surface area contributed by atoms with Gasteiger partial charge in [-0.2, -0.15) is 10.2 Å². The van der Waals surface area contributed by atoms with Gasteiger partial charge in [0.05, 0.1) is 5.69 Å². The van der Waals surface area contributed by atoms with E-state index in [1.807, 2.05) is 26.0 Å². The number of azo groups is 1. The fourth-order valence-electron chi connectivity index (χ4n) is 1.58. The van der Waals surface area contributed by atoms with Crippen molar-refractivity contribution in [3.05, 3.63) is 23.3 Å². The highest BCUT2D eigenvalue weighted by Gasteiger charge is 2.06. The Morgan fingerprint density at radius 2 is 1.50 bits per heavy atom. The van der Waals surface area contributed by atoms with Gasteiger partial charge >= 0.3 is 0 Å². The van der Waals surface area contributed by atoms with Crippen molar-refractivity contribution in [1.29, 1.82) is 0 Å². The Morgan fingerprint density at radius 1 is 1.00 bits per heavy atom. The van der Waals surface area contributed by atoms with Crippen LogP contribution in [0.5, 0.6) is 0 Å². The van der Waals surface area contributed by atoms with E-state index in [-0.39, 0.29) is 7.43 Å². The molecule has 0 atom stereocenters. The first-order valence-electron chi connectivity index (χ1n) is 6.56. The van der Waals surface area contributed by atoms with Crippen molar-refractivity contribution in [2.75, 3.05) is 46.7 Å². The molecular weight excluding hydrogens is 248 g/mol. The highest BCUT2D eigenvalue weighted by atomic mass is 15.1. The maximum absolute atomic E-state index is 4.10. The van der Waals surface area contributed by atoms with Crippen LogP contribution in [0, 0.1) is 13.8 Å². The van der Waals surface area contributed by atoms with E-state index in [2.05, 4.69) is 55.1 Å². The molecule has 0 bridgehead atoms. The lowest BCUT2D eigenvalue weighted by Gasteiger charge is -2.20. The molecular formula is C16H32N4. The Hall–Kier alpha value is -1.42. The molecule has 0 spiro atoms. The lowest BCUT2D eigenvalue weighted by Crippen LogP contribution is -2.16. The Balaban J connectivity index is 0. The maximum Gasteiger partial charge on any atom is 0.0885 e. The van der Waals surface area contributed by atoms with E-state index in [0.29, 0.717) is 0 Å². The molecule has 0 N–H and O–H groups in total. The van der Waals surface area contributed by atoms with Crippen LogP contribution in [0.3, 0.4) is 0 Å². The number of aryl methyl sites for hydroxylation is 2. The van der Waals surface area contributed by atoms with Crippen LogP contribution in [0.2, 0.25) is 0 Å². The number of anilines is 1. The summed E-state index contributed by atoms with van der Waals surface area (Å²) in [7, 11) is 9.80. The second-order valence-electron chi connectivity index (χ2n) is 5.08. The molecule has 0 radical (unpaired) electrons. The third-order valence-corrected chi connectivity index (χ3v) is 2.61. The summed E-state index contributed by atoms with van der Waals surface area (Å²) in [6.07, 6.45) is 0. The Morgan fingerprint density at radius 3 is 1.90 bits per heavy atom. The quantitative estimate of drug-likeness (QED) is 0.774. The molecule has 0 aliphatic heterocycles. The van der Waals surface area contributed by atoms with Crippen molar-refractivity contribution in [3.8, 4) is 0 Å². The van der Waals surface area contributed by atoms with Crippen LogP contribution in [-0.4, -0.2) is 46.7 Å². The number of rotatable bonds is 3. The summed E-state index contributed by atoms with van der Waals surface area (Å²) >= 11 is 0. The van der Waals surface area contributed by atoms with Crippen LogP contribution in [-0.2, 0) is 0 Å². The van der Waals surface area contributed by atoms with Gasteiger partial charge in [0, 0.05) is 26.3 Å². The van der Waals surface area contributed by atoms with E-state index < -0.39 is 0 Å². The monoisotopic (exact) mass is 280 g/mol. The summed E-state index contributed by atoms with van der Waals surface area (Å²) in [4.78, 5) is 4.23. The maximum atomic E-state index is 4.10. The first-order valence-corrected chi connectivity index (χ1v) is 6.56. The first kappa shape index (κ1) is 20.9. The standard InChI is InChI=1S/C12H19N3.C3H9N.CH4/c1-6-15(5)12-8-9(2)11(14-13-4)7-10(12)3;1-4(2)3;/h7-8H,6H2,1-5H3;1-3H3;1H4. The Labute approximate surface area is 125 Å². The van der Waals surface area contributed by atoms with Gasteiger partial charge in [-0.05, 0) is 65.2 Å². The lowest BCUT2D eigenvalue weighted by molar-refractivity contribution is 0.505. The normalized spacial score (nSPS) is 10.1. The number of hydrogen-bond donors (Lipinski definition) is 0. The van der Waals surface area contributed by atoms with Crippen LogP contribution in [0.15, 0.2) is 22.4 Å². The van der Waals surface area contributed by atoms with Gasteiger partial charge in [0.15, 0.2) is 0 Å². The SMILES string of the molecule is C.CCN(C)c1cc(C)c(N=NC)cc1C.CN(C)C. The zero-order chi connectivity index (χ0) is 15.0. The van der Waals surface area contributed by atoms with Crippen molar-refractivity contribution in [3.63, 3.8) is 0 Å². The van der Waals surface area contributed by atoms with Crippen LogP contribution in [0.25, 0.3) is 0 Å². The molecule has 0 unspecified atom stereocenters. The molecule has 0 heterocycles. The van der Waals surface area contributed by atoms with Crippen LogP contribution in [0.4, 0.5) is 11.4 Å². The predicted molar refractivity (Wildman–Crippen MR) is 91.6 cm³/mol. The van der Waals surface area contributed by atoms with E-state index in [0.717, 1.165) is 12.2 Å². The summed E-state index contributed by atoms with van der Waals surface area (Å²) in [6.45, 7) is 7.33. The number of benzene rings is 1. The fraction of sp³-hybridized carbons (Fsp3) is 0.625. The van der Waals surface area contributed by atoms with E-state index in [1.165, 1.54) is 16.8 Å². The molecule has 0 amide bonds. The van der Waals surface area contributed by atoms with Crippen LogP contribution >= 0.6 is 0 Å². The van der Waals surface area contributed by atoms with Gasteiger partial charge in [-0.3, -0.25) is 0 Å². The third kappa shape index (κ3) is 7.24. The molecule has 1 aromatic carbocycles. The third-order valence-electron chi connectivity index (χ3n) is 2.61. The average molecular weight is 280 g/mol. The van der Waals surface area contributed by atoms with E-state index in [1.54, 1.807) is 7.05 Å². The molecule has 1 rings (SSSR count). The lowest BCUT2D eigenvalue weighted by atomic mass is 10.1. The molecule has 0 aliphatic carbocycles. The smallest absolute Gasteiger partial charge is 0.0885 e. The number of nitrogens with zero attached hydrogens (tertiary/aromatic N) is 4. The molecule has 0 saturated heterocycles. The van der Waals surface area contributed by atoms with Gasteiger partial charge in [0.2, 0.25) is 0 Å². The second kappa shape index (κ2) is 10.4. The Kier molecular flexibility index (Phi) is 10.8. The molecule has 0 fully saturated rings. The van der Waals surface area contributed by atoms with Gasteiger partial charge in [0.1, 0.15) is 0 Å². The van der Waals surface area contributed by atoms with Crippen molar-refractivity contribution in [2.24, 2.45) is 10.2 Å². The highest BCUT2D eigenvalue weighted by molar-refractivity contribution is 5.62. The van der Waals surface area contributed by atoms with Gasteiger partial charge < -0.3 is 9.80 Å². The average Bonchev–Trinajstić information content (AvgIpc) is 2.32. The molecule has 4 heteroatoms. The summed E-state index contributed by atoms with van der Waals surface area (Å²) in [5.74, 6) is 0. The van der Waals surface area contributed by atoms with Gasteiger partial charge in [-0.15, -0.1) is 0 Å². The molecule has 4 nitrogen and oxygen atoms in total. The summed E-state index contributed by atoms with van der Waals surface area (Å²) in [6, 6.07) is 4.26. The fourth-order valence-corrected chi connectivity index (χ4v) is 1.58. The molecule has 116 valence electrons. The molecule has 0 saturated carbocycles. The van der Waals surface area contributed by atoms with Crippen molar-refractivity contribution in [1.82, 2.24) is 4.90 Å². The van der Waals surface area contributed by atoms with E-state index in [4.69, 9.17) is 0 Å². The van der Waals surface area contributed by atoms with Crippen LogP contribution in [0.1, 0.15) is 25.5 Å². The van der Waals surface area contributed by atoms with E-state index >= 15 is 0 Å². The summed E-state index contributed by atoms with van der Waals surface area (Å²) < 4.78 is 0. The molecule has 1 aromatic rings.